The van der Waals surface area contributed by atoms with Gasteiger partial charge in [0.1, 0.15) is 0 Å². The van der Waals surface area contributed by atoms with Crippen LogP contribution in [-0.2, 0) is 0 Å². The number of rotatable bonds is 1. The smallest absolute Gasteiger partial charge is 0.0433 e. The second-order valence-electron chi connectivity index (χ2n) is 8.26. The van der Waals surface area contributed by atoms with Crippen LogP contribution < -0.4 is 0 Å². The molecule has 0 unspecified atom stereocenters. The lowest BCUT2D eigenvalue weighted by Gasteiger charge is -2.14. The van der Waals surface area contributed by atoms with E-state index in [-0.39, 0.29) is 0 Å². The van der Waals surface area contributed by atoms with Gasteiger partial charge in [0.25, 0.3) is 0 Å². The molecule has 6 aromatic carbocycles. The molecule has 7 aromatic rings. The Kier molecular flexibility index (Phi) is 3.96. The minimum absolute atomic E-state index is 1.17. The van der Waals surface area contributed by atoms with Gasteiger partial charge in [0.05, 0.1) is 0 Å². The highest BCUT2D eigenvalue weighted by atomic mass is 79.9. The number of thiophene rings is 1. The van der Waals surface area contributed by atoms with Gasteiger partial charge in [-0.2, -0.15) is 0 Å². The van der Waals surface area contributed by atoms with Crippen molar-refractivity contribution in [2.45, 2.75) is 0 Å². The molecule has 32 heavy (non-hydrogen) atoms. The van der Waals surface area contributed by atoms with Gasteiger partial charge in [-0.1, -0.05) is 97.1 Å². The van der Waals surface area contributed by atoms with Crippen molar-refractivity contribution in [3.63, 3.8) is 0 Å². The zero-order valence-electron chi connectivity index (χ0n) is 17.1. The first-order valence-electron chi connectivity index (χ1n) is 10.7. The van der Waals surface area contributed by atoms with Crippen molar-refractivity contribution in [2.24, 2.45) is 0 Å². The third-order valence-electron chi connectivity index (χ3n) is 6.52. The van der Waals surface area contributed by atoms with Crippen LogP contribution in [0.15, 0.2) is 108 Å². The summed E-state index contributed by atoms with van der Waals surface area (Å²) in [7, 11) is 0. The summed E-state index contributed by atoms with van der Waals surface area (Å²) < 4.78 is 3.88. The Morgan fingerprint density at radius 3 is 1.81 bits per heavy atom. The summed E-state index contributed by atoms with van der Waals surface area (Å²) in [6.07, 6.45) is 0. The lowest BCUT2D eigenvalue weighted by Crippen LogP contribution is -1.87. The number of halogens is 1. The maximum atomic E-state index is 3.88. The van der Waals surface area contributed by atoms with Crippen molar-refractivity contribution in [3.8, 4) is 11.1 Å². The second-order valence-corrected chi connectivity index (χ2v) is 10.1. The van der Waals surface area contributed by atoms with Crippen molar-refractivity contribution in [2.75, 3.05) is 0 Å². The molecule has 150 valence electrons. The van der Waals surface area contributed by atoms with E-state index in [1.807, 2.05) is 11.3 Å². The topological polar surface area (TPSA) is 0 Å². The van der Waals surface area contributed by atoms with Gasteiger partial charge in [0.2, 0.25) is 0 Å². The Morgan fingerprint density at radius 2 is 1.09 bits per heavy atom. The van der Waals surface area contributed by atoms with E-state index in [2.05, 4.69) is 119 Å². The predicted octanol–water partition coefficient (Wildman–Crippen LogP) is 9.94. The fraction of sp³-hybridized carbons (Fsp3) is 0. The highest BCUT2D eigenvalue weighted by Crippen LogP contribution is 2.44. The van der Waals surface area contributed by atoms with Crippen LogP contribution in [0.4, 0.5) is 0 Å². The molecule has 2 heteroatoms. The minimum Gasteiger partial charge on any atom is -0.135 e. The van der Waals surface area contributed by atoms with Crippen molar-refractivity contribution in [1.29, 1.82) is 0 Å². The fourth-order valence-corrected chi connectivity index (χ4v) is 7.02. The molecule has 0 aliphatic carbocycles. The molecular weight excluding hydrogens is 472 g/mol. The first-order valence-corrected chi connectivity index (χ1v) is 12.3. The average Bonchev–Trinajstić information content (AvgIpc) is 3.23. The van der Waals surface area contributed by atoms with Crippen LogP contribution in [0.2, 0.25) is 0 Å². The molecule has 0 aliphatic heterocycles. The lowest BCUT2D eigenvalue weighted by atomic mass is 9.91. The monoisotopic (exact) mass is 488 g/mol. The van der Waals surface area contributed by atoms with Gasteiger partial charge in [-0.15, -0.1) is 11.3 Å². The normalized spacial score (nSPS) is 11.9. The van der Waals surface area contributed by atoms with E-state index in [1.165, 1.54) is 68.1 Å². The number of hydrogen-bond donors (Lipinski definition) is 0. The highest BCUT2D eigenvalue weighted by Gasteiger charge is 2.15. The van der Waals surface area contributed by atoms with E-state index in [0.29, 0.717) is 0 Å². The molecule has 1 heterocycles. The second kappa shape index (κ2) is 6.90. The summed E-state index contributed by atoms with van der Waals surface area (Å²) in [6.45, 7) is 0. The van der Waals surface area contributed by atoms with Gasteiger partial charge in [0.15, 0.2) is 0 Å². The molecule has 0 aliphatic rings. The maximum Gasteiger partial charge on any atom is 0.0433 e. The Morgan fingerprint density at radius 1 is 0.500 bits per heavy atom. The molecule has 0 radical (unpaired) electrons. The van der Waals surface area contributed by atoms with Crippen LogP contribution in [0.5, 0.6) is 0 Å². The number of benzene rings is 6. The first kappa shape index (κ1) is 18.4. The zero-order valence-corrected chi connectivity index (χ0v) is 19.5. The van der Waals surface area contributed by atoms with Gasteiger partial charge < -0.3 is 0 Å². The van der Waals surface area contributed by atoms with Gasteiger partial charge in [-0.3, -0.25) is 0 Å². The molecule has 1 aromatic heterocycles. The predicted molar refractivity (Wildman–Crippen MR) is 145 cm³/mol. The zero-order chi connectivity index (χ0) is 21.2. The van der Waals surface area contributed by atoms with Crippen LogP contribution in [0, 0.1) is 0 Å². The van der Waals surface area contributed by atoms with E-state index in [9.17, 15) is 0 Å². The van der Waals surface area contributed by atoms with Crippen LogP contribution in [0.1, 0.15) is 0 Å². The minimum atomic E-state index is 1.17. The Bertz CT molecular complexity index is 1780. The van der Waals surface area contributed by atoms with E-state index in [4.69, 9.17) is 0 Å². The summed E-state index contributed by atoms with van der Waals surface area (Å²) in [5.41, 5.74) is 2.58. The number of fused-ring (bicyclic) bond motifs is 7. The molecule has 0 saturated heterocycles. The van der Waals surface area contributed by atoms with Crippen molar-refractivity contribution < 1.29 is 0 Å². The molecule has 0 amide bonds. The summed E-state index contributed by atoms with van der Waals surface area (Å²) >= 11 is 5.78. The van der Waals surface area contributed by atoms with Crippen LogP contribution in [0.25, 0.3) is 63.6 Å². The third kappa shape index (κ3) is 2.54. The molecular formula is C30H17BrS. The Hall–Kier alpha value is -3.20. The standard InChI is InChI=1S/C30H17BrS/c31-29-24-11-5-3-9-22(24)28(23-10-4-6-12-25(23)29)19-14-15-21-26-16-13-18-7-1-2-8-20(18)30(26)32-27(21)17-19/h1-17H. The van der Waals surface area contributed by atoms with Gasteiger partial charge in [-0.05, 0) is 65.4 Å². The molecule has 7 rings (SSSR count). The van der Waals surface area contributed by atoms with Gasteiger partial charge in [0, 0.05) is 24.6 Å². The quantitative estimate of drug-likeness (QED) is 0.201. The molecule has 0 N–H and O–H groups in total. The largest absolute Gasteiger partial charge is 0.135 e. The van der Waals surface area contributed by atoms with Crippen LogP contribution in [0.3, 0.4) is 0 Å². The molecule has 0 fully saturated rings. The van der Waals surface area contributed by atoms with E-state index in [0.717, 1.165) is 0 Å². The fourth-order valence-electron chi connectivity index (χ4n) is 5.05. The first-order chi connectivity index (χ1) is 15.8. The average molecular weight is 489 g/mol. The summed E-state index contributed by atoms with van der Waals surface area (Å²) in [4.78, 5) is 0. The lowest BCUT2D eigenvalue weighted by molar-refractivity contribution is 1.71. The Balaban J connectivity index is 1.59. The van der Waals surface area contributed by atoms with Crippen molar-refractivity contribution in [1.82, 2.24) is 0 Å². The molecule has 0 saturated carbocycles. The molecule has 0 nitrogen and oxygen atoms in total. The third-order valence-corrected chi connectivity index (χ3v) is 8.57. The van der Waals surface area contributed by atoms with Crippen molar-refractivity contribution in [3.05, 3.63) is 108 Å². The molecule has 0 atom stereocenters. The highest BCUT2D eigenvalue weighted by molar-refractivity contribution is 9.10. The molecule has 0 bridgehead atoms. The number of hydrogen-bond acceptors (Lipinski definition) is 1. The Labute approximate surface area is 197 Å². The SMILES string of the molecule is Brc1c2ccccc2c(-c2ccc3c(c2)sc2c4ccccc4ccc32)c2ccccc12. The summed E-state index contributed by atoms with van der Waals surface area (Å²) in [6, 6.07) is 37.6. The maximum absolute atomic E-state index is 3.88. The van der Waals surface area contributed by atoms with Gasteiger partial charge >= 0.3 is 0 Å². The van der Waals surface area contributed by atoms with E-state index >= 15 is 0 Å². The summed E-state index contributed by atoms with van der Waals surface area (Å²) in [5.74, 6) is 0. The molecule has 0 spiro atoms. The van der Waals surface area contributed by atoms with E-state index < -0.39 is 0 Å². The van der Waals surface area contributed by atoms with Crippen LogP contribution >= 0.6 is 27.3 Å². The van der Waals surface area contributed by atoms with E-state index in [1.54, 1.807) is 0 Å². The van der Waals surface area contributed by atoms with Crippen molar-refractivity contribution >= 4 is 79.8 Å². The van der Waals surface area contributed by atoms with Crippen LogP contribution in [-0.4, -0.2) is 0 Å². The van der Waals surface area contributed by atoms with Gasteiger partial charge in [-0.25, -0.2) is 0 Å². The summed E-state index contributed by atoms with van der Waals surface area (Å²) in [5, 5.41) is 10.4.